The summed E-state index contributed by atoms with van der Waals surface area (Å²) in [4.78, 5) is 16.5. The van der Waals surface area contributed by atoms with Crippen LogP contribution in [0.4, 0.5) is 0 Å². The van der Waals surface area contributed by atoms with E-state index in [4.69, 9.17) is 4.74 Å². The SMILES string of the molecule is CC(C)Oc1ccc(-c2nc(Cc3ccccc3)c(C(=O)O)s2)cc1. The standard InChI is InChI=1S/C20H19NO3S/c1-13(2)24-16-10-8-15(9-11-16)19-21-17(18(25-19)20(22)23)12-14-6-4-3-5-7-14/h3-11,13H,12H2,1-2H3,(H,22,23). The first-order chi connectivity index (χ1) is 12.0. The van der Waals surface area contributed by atoms with Crippen molar-refractivity contribution in [3.63, 3.8) is 0 Å². The molecule has 0 bridgehead atoms. The van der Waals surface area contributed by atoms with E-state index in [0.717, 1.165) is 16.9 Å². The Labute approximate surface area is 150 Å². The molecule has 25 heavy (non-hydrogen) atoms. The average molecular weight is 353 g/mol. The van der Waals surface area contributed by atoms with E-state index in [0.29, 0.717) is 22.0 Å². The second-order valence-electron chi connectivity index (χ2n) is 5.95. The predicted molar refractivity (Wildman–Crippen MR) is 99.5 cm³/mol. The van der Waals surface area contributed by atoms with Crippen LogP contribution >= 0.6 is 11.3 Å². The molecule has 2 aromatic carbocycles. The molecular formula is C20H19NO3S. The summed E-state index contributed by atoms with van der Waals surface area (Å²) in [5, 5.41) is 10.2. The van der Waals surface area contributed by atoms with Crippen molar-refractivity contribution in [3.05, 3.63) is 70.7 Å². The number of nitrogens with zero attached hydrogens (tertiary/aromatic N) is 1. The summed E-state index contributed by atoms with van der Waals surface area (Å²) in [6, 6.07) is 17.4. The highest BCUT2D eigenvalue weighted by Gasteiger charge is 2.18. The van der Waals surface area contributed by atoms with Gasteiger partial charge in [0.1, 0.15) is 15.6 Å². The van der Waals surface area contributed by atoms with E-state index >= 15 is 0 Å². The van der Waals surface area contributed by atoms with Gasteiger partial charge in [0, 0.05) is 12.0 Å². The minimum atomic E-state index is -0.936. The molecule has 3 rings (SSSR count). The molecule has 0 aliphatic rings. The highest BCUT2D eigenvalue weighted by molar-refractivity contribution is 7.17. The smallest absolute Gasteiger partial charge is 0.347 e. The van der Waals surface area contributed by atoms with E-state index in [-0.39, 0.29) is 6.10 Å². The molecule has 0 saturated carbocycles. The van der Waals surface area contributed by atoms with Crippen molar-refractivity contribution in [2.24, 2.45) is 0 Å². The minimum absolute atomic E-state index is 0.113. The maximum Gasteiger partial charge on any atom is 0.347 e. The first-order valence-corrected chi connectivity index (χ1v) is 8.88. The van der Waals surface area contributed by atoms with Crippen LogP contribution in [0.15, 0.2) is 54.6 Å². The van der Waals surface area contributed by atoms with Crippen LogP contribution in [0.25, 0.3) is 10.6 Å². The Morgan fingerprint density at radius 1 is 1.12 bits per heavy atom. The molecule has 128 valence electrons. The topological polar surface area (TPSA) is 59.4 Å². The number of benzene rings is 2. The van der Waals surface area contributed by atoms with Gasteiger partial charge in [-0.3, -0.25) is 0 Å². The molecule has 0 fully saturated rings. The average Bonchev–Trinajstić information content (AvgIpc) is 3.00. The van der Waals surface area contributed by atoms with E-state index in [2.05, 4.69) is 4.98 Å². The zero-order chi connectivity index (χ0) is 17.8. The second-order valence-corrected chi connectivity index (χ2v) is 6.95. The lowest BCUT2D eigenvalue weighted by Crippen LogP contribution is -2.05. The van der Waals surface area contributed by atoms with Crippen LogP contribution in [0.5, 0.6) is 5.75 Å². The Balaban J connectivity index is 1.89. The highest BCUT2D eigenvalue weighted by atomic mass is 32.1. The summed E-state index contributed by atoms with van der Waals surface area (Å²) in [6.07, 6.45) is 0.620. The van der Waals surface area contributed by atoms with Gasteiger partial charge in [0.2, 0.25) is 0 Å². The van der Waals surface area contributed by atoms with Crippen molar-refractivity contribution in [1.82, 2.24) is 4.98 Å². The van der Waals surface area contributed by atoms with Crippen molar-refractivity contribution in [3.8, 4) is 16.3 Å². The second kappa shape index (κ2) is 7.49. The zero-order valence-electron chi connectivity index (χ0n) is 14.1. The fourth-order valence-electron chi connectivity index (χ4n) is 2.50. The zero-order valence-corrected chi connectivity index (χ0v) is 14.9. The van der Waals surface area contributed by atoms with Crippen molar-refractivity contribution >= 4 is 17.3 Å². The lowest BCUT2D eigenvalue weighted by atomic mass is 10.1. The van der Waals surface area contributed by atoms with Crippen LogP contribution in [0.3, 0.4) is 0 Å². The van der Waals surface area contributed by atoms with Crippen molar-refractivity contribution in [1.29, 1.82) is 0 Å². The summed E-state index contributed by atoms with van der Waals surface area (Å²) in [7, 11) is 0. The fourth-order valence-corrected chi connectivity index (χ4v) is 3.43. The number of carboxylic acid groups (broad SMARTS) is 1. The lowest BCUT2D eigenvalue weighted by Gasteiger charge is -2.09. The van der Waals surface area contributed by atoms with Crippen molar-refractivity contribution < 1.29 is 14.6 Å². The molecular weight excluding hydrogens is 334 g/mol. The first kappa shape index (κ1) is 17.2. The number of rotatable bonds is 6. The van der Waals surface area contributed by atoms with Gasteiger partial charge in [-0.05, 0) is 43.7 Å². The molecule has 4 nitrogen and oxygen atoms in total. The molecule has 5 heteroatoms. The minimum Gasteiger partial charge on any atom is -0.491 e. The lowest BCUT2D eigenvalue weighted by molar-refractivity contribution is 0.0701. The number of hydrogen-bond acceptors (Lipinski definition) is 4. The van der Waals surface area contributed by atoms with E-state index in [1.807, 2.05) is 68.4 Å². The Morgan fingerprint density at radius 2 is 1.80 bits per heavy atom. The number of aromatic nitrogens is 1. The third kappa shape index (κ3) is 4.25. The molecule has 0 saturated heterocycles. The van der Waals surface area contributed by atoms with Gasteiger partial charge in [0.05, 0.1) is 11.8 Å². The maximum atomic E-state index is 11.6. The third-order valence-electron chi connectivity index (χ3n) is 3.58. The summed E-state index contributed by atoms with van der Waals surface area (Å²) < 4.78 is 5.64. The summed E-state index contributed by atoms with van der Waals surface area (Å²) in [5.41, 5.74) is 2.53. The van der Waals surface area contributed by atoms with Gasteiger partial charge < -0.3 is 9.84 Å². The van der Waals surface area contributed by atoms with Gasteiger partial charge in [-0.1, -0.05) is 30.3 Å². The summed E-state index contributed by atoms with van der Waals surface area (Å²) in [5.74, 6) is -0.146. The van der Waals surface area contributed by atoms with Gasteiger partial charge >= 0.3 is 5.97 Å². The fraction of sp³-hybridized carbons (Fsp3) is 0.200. The maximum absolute atomic E-state index is 11.6. The molecule has 0 aliphatic carbocycles. The van der Waals surface area contributed by atoms with Gasteiger partial charge in [-0.15, -0.1) is 11.3 Å². The highest BCUT2D eigenvalue weighted by Crippen LogP contribution is 2.30. The van der Waals surface area contributed by atoms with Crippen molar-refractivity contribution in [2.75, 3.05) is 0 Å². The molecule has 0 amide bonds. The predicted octanol–water partition coefficient (Wildman–Crippen LogP) is 4.89. The van der Waals surface area contributed by atoms with Crippen molar-refractivity contribution in [2.45, 2.75) is 26.4 Å². The molecule has 0 spiro atoms. The van der Waals surface area contributed by atoms with Gasteiger partial charge in [0.25, 0.3) is 0 Å². The summed E-state index contributed by atoms with van der Waals surface area (Å²) in [6.45, 7) is 3.95. The van der Waals surface area contributed by atoms with Crippen LogP contribution in [0.2, 0.25) is 0 Å². The Morgan fingerprint density at radius 3 is 2.40 bits per heavy atom. The molecule has 1 aromatic heterocycles. The monoisotopic (exact) mass is 353 g/mol. The Hall–Kier alpha value is -2.66. The van der Waals surface area contributed by atoms with E-state index in [1.54, 1.807) is 0 Å². The molecule has 0 radical (unpaired) electrons. The van der Waals surface area contributed by atoms with Gasteiger partial charge in [-0.25, -0.2) is 9.78 Å². The third-order valence-corrected chi connectivity index (χ3v) is 4.71. The van der Waals surface area contributed by atoms with Gasteiger partial charge in [-0.2, -0.15) is 0 Å². The summed E-state index contributed by atoms with van der Waals surface area (Å²) >= 11 is 1.21. The number of hydrogen-bond donors (Lipinski definition) is 1. The van der Waals surface area contributed by atoms with E-state index < -0.39 is 5.97 Å². The van der Waals surface area contributed by atoms with Crippen LogP contribution < -0.4 is 4.74 Å². The quantitative estimate of drug-likeness (QED) is 0.686. The van der Waals surface area contributed by atoms with Gasteiger partial charge in [0.15, 0.2) is 0 Å². The normalized spacial score (nSPS) is 10.8. The van der Waals surface area contributed by atoms with Crippen LogP contribution in [0.1, 0.15) is 34.8 Å². The number of carbonyl (C=O) groups is 1. The Kier molecular flexibility index (Phi) is 5.14. The van der Waals surface area contributed by atoms with Crippen LogP contribution in [-0.2, 0) is 6.42 Å². The van der Waals surface area contributed by atoms with Crippen LogP contribution in [-0.4, -0.2) is 22.2 Å². The number of ether oxygens (including phenoxy) is 1. The molecule has 0 unspecified atom stereocenters. The molecule has 0 atom stereocenters. The molecule has 3 aromatic rings. The Bertz CT molecular complexity index is 854. The van der Waals surface area contributed by atoms with E-state index in [9.17, 15) is 9.90 Å². The number of carboxylic acids is 1. The first-order valence-electron chi connectivity index (χ1n) is 8.07. The number of thiazole rings is 1. The number of aromatic carboxylic acids is 1. The van der Waals surface area contributed by atoms with Crippen LogP contribution in [0, 0.1) is 0 Å². The molecule has 1 N–H and O–H groups in total. The largest absolute Gasteiger partial charge is 0.491 e. The molecule has 1 heterocycles. The van der Waals surface area contributed by atoms with E-state index in [1.165, 1.54) is 11.3 Å². The molecule has 0 aliphatic heterocycles.